The van der Waals surface area contributed by atoms with Gasteiger partial charge in [-0.25, -0.2) is 4.98 Å². The van der Waals surface area contributed by atoms with Gasteiger partial charge in [0, 0.05) is 24.2 Å². The van der Waals surface area contributed by atoms with Gasteiger partial charge in [-0.3, -0.25) is 4.90 Å². The van der Waals surface area contributed by atoms with E-state index in [9.17, 15) is 5.11 Å². The molecule has 1 aliphatic heterocycles. The number of methoxy groups -OCH3 is 2. The predicted octanol–water partition coefficient (Wildman–Crippen LogP) is 3.36. The number of β-amino-alcohol motifs (C(OH)–C–C–N with tert-alkyl or cyclic N) is 1. The van der Waals surface area contributed by atoms with E-state index >= 15 is 0 Å². The molecule has 0 radical (unpaired) electrons. The maximum atomic E-state index is 10.7. The summed E-state index contributed by atoms with van der Waals surface area (Å²) in [7, 11) is 3.28. The van der Waals surface area contributed by atoms with E-state index in [-0.39, 0.29) is 0 Å². The van der Waals surface area contributed by atoms with Gasteiger partial charge in [-0.15, -0.1) is 11.3 Å². The average Bonchev–Trinajstić information content (AvgIpc) is 3.02. The third-order valence-electron chi connectivity index (χ3n) is 4.56. The summed E-state index contributed by atoms with van der Waals surface area (Å²) in [5.41, 5.74) is 2.85. The zero-order chi connectivity index (χ0) is 17.4. The number of para-hydroxylation sites is 1. The van der Waals surface area contributed by atoms with Crippen molar-refractivity contribution in [1.29, 1.82) is 0 Å². The molecule has 0 bridgehead atoms. The van der Waals surface area contributed by atoms with Crippen molar-refractivity contribution >= 4 is 21.6 Å². The summed E-state index contributed by atoms with van der Waals surface area (Å²) >= 11 is 1.70. The molecule has 1 N–H and O–H groups in total. The van der Waals surface area contributed by atoms with E-state index in [1.54, 1.807) is 25.6 Å². The topological polar surface area (TPSA) is 54.8 Å². The van der Waals surface area contributed by atoms with Crippen molar-refractivity contribution in [2.75, 3.05) is 20.8 Å². The molecule has 0 amide bonds. The summed E-state index contributed by atoms with van der Waals surface area (Å²) in [6, 6.07) is 11.9. The molecule has 4 rings (SSSR count). The molecule has 1 aromatic heterocycles. The molecule has 1 aliphatic rings. The highest BCUT2D eigenvalue weighted by atomic mass is 32.1. The molecule has 3 aromatic rings. The SMILES string of the molecule is COc1ccc(OC)c2c1CN(Cc1nc3ccccc3s1)C[C@@H]2O. The number of ether oxygens (including phenoxy) is 2. The first-order valence-corrected chi connectivity index (χ1v) is 9.00. The third-order valence-corrected chi connectivity index (χ3v) is 5.58. The molecule has 1 atom stereocenters. The molecule has 0 aliphatic carbocycles. The third kappa shape index (κ3) is 2.97. The van der Waals surface area contributed by atoms with Crippen molar-refractivity contribution in [2.24, 2.45) is 0 Å². The van der Waals surface area contributed by atoms with Gasteiger partial charge in [-0.2, -0.15) is 0 Å². The second-order valence-corrected chi connectivity index (χ2v) is 7.24. The molecule has 0 spiro atoms. The van der Waals surface area contributed by atoms with E-state index in [0.29, 0.717) is 25.4 Å². The van der Waals surface area contributed by atoms with Gasteiger partial charge in [0.2, 0.25) is 0 Å². The number of rotatable bonds is 4. The van der Waals surface area contributed by atoms with E-state index < -0.39 is 6.10 Å². The molecule has 0 saturated carbocycles. The second-order valence-electron chi connectivity index (χ2n) is 6.12. The van der Waals surface area contributed by atoms with Crippen LogP contribution in [0.25, 0.3) is 10.2 Å². The van der Waals surface area contributed by atoms with Crippen LogP contribution in [0.5, 0.6) is 11.5 Å². The largest absolute Gasteiger partial charge is 0.496 e. The molecular weight excluding hydrogens is 336 g/mol. The fourth-order valence-corrected chi connectivity index (χ4v) is 4.45. The Morgan fingerprint density at radius 3 is 2.68 bits per heavy atom. The van der Waals surface area contributed by atoms with Gasteiger partial charge in [0.05, 0.1) is 37.1 Å². The first-order valence-electron chi connectivity index (χ1n) is 8.18. The number of aliphatic hydroxyl groups excluding tert-OH is 1. The van der Waals surface area contributed by atoms with Crippen LogP contribution < -0.4 is 9.47 Å². The highest BCUT2D eigenvalue weighted by molar-refractivity contribution is 7.18. The Bertz CT molecular complexity index is 876. The lowest BCUT2D eigenvalue weighted by Gasteiger charge is -2.33. The van der Waals surface area contributed by atoms with E-state index in [1.165, 1.54) is 4.70 Å². The van der Waals surface area contributed by atoms with Gasteiger partial charge in [0.25, 0.3) is 0 Å². The normalized spacial score (nSPS) is 17.5. The first kappa shape index (κ1) is 16.3. The lowest BCUT2D eigenvalue weighted by molar-refractivity contribution is 0.0843. The van der Waals surface area contributed by atoms with Crippen LogP contribution in [0.2, 0.25) is 0 Å². The fourth-order valence-electron chi connectivity index (χ4n) is 3.44. The Morgan fingerprint density at radius 2 is 1.92 bits per heavy atom. The zero-order valence-electron chi connectivity index (χ0n) is 14.2. The van der Waals surface area contributed by atoms with Gasteiger partial charge in [0.1, 0.15) is 16.5 Å². The average molecular weight is 356 g/mol. The molecular formula is C19H20N2O3S. The number of aromatic nitrogens is 1. The lowest BCUT2D eigenvalue weighted by atomic mass is 9.95. The summed E-state index contributed by atoms with van der Waals surface area (Å²) in [5.74, 6) is 1.49. The van der Waals surface area contributed by atoms with Crippen LogP contribution >= 0.6 is 11.3 Å². The number of hydrogen-bond acceptors (Lipinski definition) is 6. The number of aliphatic hydroxyl groups is 1. The summed E-state index contributed by atoms with van der Waals surface area (Å²) < 4.78 is 12.1. The number of fused-ring (bicyclic) bond motifs is 2. The quantitative estimate of drug-likeness (QED) is 0.777. The Hall–Kier alpha value is -2.15. The van der Waals surface area contributed by atoms with Gasteiger partial charge < -0.3 is 14.6 Å². The Kier molecular flexibility index (Phi) is 4.33. The second kappa shape index (κ2) is 6.63. The molecule has 2 aromatic carbocycles. The number of benzene rings is 2. The number of nitrogens with zero attached hydrogens (tertiary/aromatic N) is 2. The molecule has 130 valence electrons. The van der Waals surface area contributed by atoms with Crippen LogP contribution in [0.4, 0.5) is 0 Å². The van der Waals surface area contributed by atoms with Crippen LogP contribution in [0.1, 0.15) is 22.2 Å². The summed E-state index contributed by atoms with van der Waals surface area (Å²) in [6.45, 7) is 1.95. The molecule has 0 unspecified atom stereocenters. The monoisotopic (exact) mass is 356 g/mol. The number of hydrogen-bond donors (Lipinski definition) is 1. The summed E-state index contributed by atoms with van der Waals surface area (Å²) in [6.07, 6.45) is -0.608. The standard InChI is InChI=1S/C19H20N2O3S/c1-23-15-7-8-16(24-2)19-12(15)9-21(10-14(19)22)11-18-20-13-5-3-4-6-17(13)25-18/h3-8,14,22H,9-11H2,1-2H3/t14-/m0/s1. The molecule has 25 heavy (non-hydrogen) atoms. The van der Waals surface area contributed by atoms with Crippen molar-refractivity contribution in [3.63, 3.8) is 0 Å². The smallest absolute Gasteiger partial charge is 0.125 e. The fraction of sp³-hybridized carbons (Fsp3) is 0.316. The Morgan fingerprint density at radius 1 is 1.16 bits per heavy atom. The summed E-state index contributed by atoms with van der Waals surface area (Å²) in [4.78, 5) is 6.90. The van der Waals surface area contributed by atoms with Crippen molar-refractivity contribution in [3.8, 4) is 11.5 Å². The van der Waals surface area contributed by atoms with E-state index in [1.807, 2.05) is 30.3 Å². The Balaban J connectivity index is 1.64. The maximum absolute atomic E-state index is 10.7. The maximum Gasteiger partial charge on any atom is 0.125 e. The van der Waals surface area contributed by atoms with Crippen LogP contribution in [-0.4, -0.2) is 35.8 Å². The minimum atomic E-state index is -0.608. The lowest BCUT2D eigenvalue weighted by Crippen LogP contribution is -2.33. The van der Waals surface area contributed by atoms with Gasteiger partial charge in [0.15, 0.2) is 0 Å². The van der Waals surface area contributed by atoms with Crippen LogP contribution in [0.15, 0.2) is 36.4 Å². The molecule has 2 heterocycles. The molecule has 6 heteroatoms. The van der Waals surface area contributed by atoms with Gasteiger partial charge >= 0.3 is 0 Å². The van der Waals surface area contributed by atoms with Gasteiger partial charge in [-0.1, -0.05) is 12.1 Å². The highest BCUT2D eigenvalue weighted by Crippen LogP contribution is 2.39. The molecule has 0 fully saturated rings. The van der Waals surface area contributed by atoms with E-state index in [4.69, 9.17) is 14.5 Å². The van der Waals surface area contributed by atoms with Crippen LogP contribution in [0.3, 0.4) is 0 Å². The van der Waals surface area contributed by atoms with Gasteiger partial charge in [-0.05, 0) is 24.3 Å². The van der Waals surface area contributed by atoms with Crippen molar-refractivity contribution in [3.05, 3.63) is 52.5 Å². The van der Waals surface area contributed by atoms with Crippen molar-refractivity contribution in [1.82, 2.24) is 9.88 Å². The zero-order valence-corrected chi connectivity index (χ0v) is 15.0. The minimum absolute atomic E-state index is 0.548. The predicted molar refractivity (Wildman–Crippen MR) is 98.2 cm³/mol. The first-order chi connectivity index (χ1) is 12.2. The molecule has 5 nitrogen and oxygen atoms in total. The summed E-state index contributed by atoms with van der Waals surface area (Å²) in [5, 5.41) is 11.7. The molecule has 0 saturated heterocycles. The van der Waals surface area contributed by atoms with Crippen LogP contribution in [-0.2, 0) is 13.1 Å². The minimum Gasteiger partial charge on any atom is -0.496 e. The van der Waals surface area contributed by atoms with Crippen molar-refractivity contribution in [2.45, 2.75) is 19.2 Å². The number of thiazole rings is 1. The highest BCUT2D eigenvalue weighted by Gasteiger charge is 2.30. The van der Waals surface area contributed by atoms with E-state index in [2.05, 4.69) is 11.0 Å². The van der Waals surface area contributed by atoms with Crippen molar-refractivity contribution < 1.29 is 14.6 Å². The van der Waals surface area contributed by atoms with Crippen LogP contribution in [0, 0.1) is 0 Å². The Labute approximate surface area is 150 Å². The van der Waals surface area contributed by atoms with E-state index in [0.717, 1.165) is 27.4 Å².